The molecule has 4 heteroatoms. The standard InChI is InChI=1S/C5H8Br2O2/c1-3(7)4(2-6)5(8)9/h3-4H,2H2,1H3,(H,8,9). The van der Waals surface area contributed by atoms with Crippen LogP contribution in [0.4, 0.5) is 0 Å². The van der Waals surface area contributed by atoms with Crippen LogP contribution in [0.15, 0.2) is 0 Å². The number of carboxylic acids is 1. The minimum absolute atomic E-state index is 0.0226. The first kappa shape index (κ1) is 9.43. The van der Waals surface area contributed by atoms with Gasteiger partial charge in [0.1, 0.15) is 0 Å². The lowest BCUT2D eigenvalue weighted by atomic mass is 10.1. The molecular weight excluding hydrogens is 252 g/mol. The smallest absolute Gasteiger partial charge is 0.308 e. The Morgan fingerprint density at radius 1 is 1.78 bits per heavy atom. The summed E-state index contributed by atoms with van der Waals surface area (Å²) in [6.45, 7) is 1.82. The number of rotatable bonds is 3. The average molecular weight is 260 g/mol. The molecule has 0 aliphatic carbocycles. The molecule has 2 unspecified atom stereocenters. The van der Waals surface area contributed by atoms with Gasteiger partial charge in [0.25, 0.3) is 0 Å². The monoisotopic (exact) mass is 258 g/mol. The average Bonchev–Trinajstić information content (AvgIpc) is 1.64. The van der Waals surface area contributed by atoms with E-state index >= 15 is 0 Å². The Hall–Kier alpha value is 0.430. The highest BCUT2D eigenvalue weighted by atomic mass is 79.9. The van der Waals surface area contributed by atoms with E-state index in [4.69, 9.17) is 5.11 Å². The molecule has 0 radical (unpaired) electrons. The number of carbonyl (C=O) groups is 1. The number of carboxylic acid groups (broad SMARTS) is 1. The number of alkyl halides is 2. The van der Waals surface area contributed by atoms with Gasteiger partial charge in [0, 0.05) is 10.2 Å². The van der Waals surface area contributed by atoms with E-state index in [9.17, 15) is 4.79 Å². The maximum atomic E-state index is 10.3. The number of halogens is 2. The maximum absolute atomic E-state index is 10.3. The Labute approximate surface area is 70.9 Å². The number of hydrogen-bond acceptors (Lipinski definition) is 1. The van der Waals surface area contributed by atoms with E-state index in [1.165, 1.54) is 0 Å². The zero-order chi connectivity index (χ0) is 7.44. The summed E-state index contributed by atoms with van der Waals surface area (Å²) in [5, 5.41) is 8.98. The lowest BCUT2D eigenvalue weighted by Gasteiger charge is -2.09. The molecule has 0 aliphatic heterocycles. The van der Waals surface area contributed by atoms with E-state index in [0.717, 1.165) is 0 Å². The van der Waals surface area contributed by atoms with Crippen LogP contribution in [0.3, 0.4) is 0 Å². The molecule has 0 heterocycles. The predicted molar refractivity (Wildman–Crippen MR) is 43.3 cm³/mol. The van der Waals surface area contributed by atoms with E-state index in [0.29, 0.717) is 5.33 Å². The molecule has 0 fully saturated rings. The summed E-state index contributed by atoms with van der Waals surface area (Å²) in [4.78, 5) is 10.3. The largest absolute Gasteiger partial charge is 0.481 e. The van der Waals surface area contributed by atoms with E-state index in [1.807, 2.05) is 6.92 Å². The van der Waals surface area contributed by atoms with Crippen molar-refractivity contribution in [1.29, 1.82) is 0 Å². The molecule has 0 saturated carbocycles. The molecule has 9 heavy (non-hydrogen) atoms. The summed E-state index contributed by atoms with van der Waals surface area (Å²) in [5.41, 5.74) is 0. The minimum atomic E-state index is -0.767. The van der Waals surface area contributed by atoms with E-state index < -0.39 is 5.97 Å². The molecule has 2 nitrogen and oxygen atoms in total. The summed E-state index contributed by atoms with van der Waals surface area (Å²) < 4.78 is 0. The molecule has 0 aromatic rings. The Morgan fingerprint density at radius 2 is 2.22 bits per heavy atom. The second-order valence-corrected chi connectivity index (χ2v) is 3.87. The summed E-state index contributed by atoms with van der Waals surface area (Å²) in [5.74, 6) is -1.10. The lowest BCUT2D eigenvalue weighted by molar-refractivity contribution is -0.140. The molecule has 0 aliphatic rings. The molecule has 1 N–H and O–H groups in total. The first-order valence-electron chi connectivity index (χ1n) is 2.52. The van der Waals surface area contributed by atoms with Gasteiger partial charge >= 0.3 is 5.97 Å². The molecule has 54 valence electrons. The third-order valence-electron chi connectivity index (χ3n) is 1.04. The van der Waals surface area contributed by atoms with E-state index in [2.05, 4.69) is 31.9 Å². The third-order valence-corrected chi connectivity index (χ3v) is 2.37. The van der Waals surface area contributed by atoms with Crippen LogP contribution >= 0.6 is 31.9 Å². The van der Waals surface area contributed by atoms with Gasteiger partial charge in [0.2, 0.25) is 0 Å². The highest BCUT2D eigenvalue weighted by Gasteiger charge is 2.20. The Balaban J connectivity index is 3.83. The second kappa shape index (κ2) is 4.28. The van der Waals surface area contributed by atoms with Crippen LogP contribution < -0.4 is 0 Å². The van der Waals surface area contributed by atoms with Crippen LogP contribution in [-0.4, -0.2) is 21.2 Å². The highest BCUT2D eigenvalue weighted by molar-refractivity contribution is 9.10. The van der Waals surface area contributed by atoms with Gasteiger partial charge in [-0.05, 0) is 0 Å². The molecule has 0 saturated heterocycles. The van der Waals surface area contributed by atoms with Crippen molar-refractivity contribution < 1.29 is 9.90 Å². The van der Waals surface area contributed by atoms with Crippen molar-refractivity contribution in [2.75, 3.05) is 5.33 Å². The number of aliphatic carboxylic acids is 1. The van der Waals surface area contributed by atoms with Gasteiger partial charge in [0.05, 0.1) is 5.92 Å². The van der Waals surface area contributed by atoms with Crippen LogP contribution in [0.5, 0.6) is 0 Å². The third kappa shape index (κ3) is 3.20. The maximum Gasteiger partial charge on any atom is 0.308 e. The van der Waals surface area contributed by atoms with Gasteiger partial charge in [-0.25, -0.2) is 0 Å². The highest BCUT2D eigenvalue weighted by Crippen LogP contribution is 2.14. The molecule has 0 bridgehead atoms. The van der Waals surface area contributed by atoms with Crippen molar-refractivity contribution in [3.05, 3.63) is 0 Å². The zero-order valence-electron chi connectivity index (χ0n) is 4.97. The molecule has 0 spiro atoms. The Kier molecular flexibility index (Phi) is 4.48. The van der Waals surface area contributed by atoms with Crippen molar-refractivity contribution in [2.45, 2.75) is 11.8 Å². The fourth-order valence-corrected chi connectivity index (χ4v) is 2.14. The van der Waals surface area contributed by atoms with Crippen LogP contribution in [0, 0.1) is 5.92 Å². The summed E-state index contributed by atoms with van der Waals surface area (Å²) >= 11 is 6.30. The summed E-state index contributed by atoms with van der Waals surface area (Å²) in [6.07, 6.45) is 0. The van der Waals surface area contributed by atoms with Crippen LogP contribution in [0.1, 0.15) is 6.92 Å². The van der Waals surface area contributed by atoms with Crippen LogP contribution in [0.2, 0.25) is 0 Å². The first-order valence-corrected chi connectivity index (χ1v) is 4.56. The summed E-state index contributed by atoms with van der Waals surface area (Å²) in [6, 6.07) is 0. The van der Waals surface area contributed by atoms with Gasteiger partial charge in [-0.3, -0.25) is 4.79 Å². The fraction of sp³-hybridized carbons (Fsp3) is 0.800. The Morgan fingerprint density at radius 3 is 2.22 bits per heavy atom. The van der Waals surface area contributed by atoms with Crippen molar-refractivity contribution in [3.8, 4) is 0 Å². The topological polar surface area (TPSA) is 37.3 Å². The van der Waals surface area contributed by atoms with Gasteiger partial charge in [-0.2, -0.15) is 0 Å². The zero-order valence-corrected chi connectivity index (χ0v) is 8.15. The quantitative estimate of drug-likeness (QED) is 0.786. The van der Waals surface area contributed by atoms with Gasteiger partial charge in [0.15, 0.2) is 0 Å². The van der Waals surface area contributed by atoms with Crippen LogP contribution in [0.25, 0.3) is 0 Å². The molecule has 0 aromatic carbocycles. The van der Waals surface area contributed by atoms with Gasteiger partial charge in [-0.1, -0.05) is 38.8 Å². The van der Waals surface area contributed by atoms with Gasteiger partial charge < -0.3 is 5.11 Å². The van der Waals surface area contributed by atoms with Crippen molar-refractivity contribution in [2.24, 2.45) is 5.92 Å². The molecule has 2 atom stereocenters. The number of hydrogen-bond donors (Lipinski definition) is 1. The van der Waals surface area contributed by atoms with E-state index in [1.54, 1.807) is 0 Å². The molecule has 0 rings (SSSR count). The summed E-state index contributed by atoms with van der Waals surface area (Å²) in [7, 11) is 0. The first-order chi connectivity index (χ1) is 4.09. The van der Waals surface area contributed by atoms with Crippen LogP contribution in [-0.2, 0) is 4.79 Å². The van der Waals surface area contributed by atoms with Crippen molar-refractivity contribution >= 4 is 37.8 Å². The molecule has 0 aromatic heterocycles. The molecule has 0 amide bonds. The normalized spacial score (nSPS) is 16.8. The van der Waals surface area contributed by atoms with E-state index in [-0.39, 0.29) is 10.7 Å². The van der Waals surface area contributed by atoms with Gasteiger partial charge in [-0.15, -0.1) is 0 Å². The fourth-order valence-electron chi connectivity index (χ4n) is 0.385. The van der Waals surface area contributed by atoms with Crippen molar-refractivity contribution in [3.63, 3.8) is 0 Å². The lowest BCUT2D eigenvalue weighted by Crippen LogP contribution is -2.22. The minimum Gasteiger partial charge on any atom is -0.481 e. The Bertz CT molecular complexity index is 103. The van der Waals surface area contributed by atoms with Crippen molar-refractivity contribution in [1.82, 2.24) is 0 Å². The second-order valence-electron chi connectivity index (χ2n) is 1.78. The SMILES string of the molecule is CC(Br)C(CBr)C(=O)O. The molecular formula is C5H8Br2O2. The predicted octanol–water partition coefficient (Wildman–Crippen LogP) is 1.87.